The van der Waals surface area contributed by atoms with Gasteiger partial charge in [-0.25, -0.2) is 9.03 Å². The highest BCUT2D eigenvalue weighted by atomic mass is 35.9. The molecule has 0 aromatic carbocycles. The summed E-state index contributed by atoms with van der Waals surface area (Å²) >= 11 is 24.3. The predicted molar refractivity (Wildman–Crippen MR) is 84.9 cm³/mol. The van der Waals surface area contributed by atoms with Crippen molar-refractivity contribution in [3.63, 3.8) is 0 Å². The molecular formula is C7H12Cl4N3P3. The van der Waals surface area contributed by atoms with E-state index in [0.717, 1.165) is 0 Å². The van der Waals surface area contributed by atoms with E-state index in [2.05, 4.69) is 25.9 Å². The van der Waals surface area contributed by atoms with Gasteiger partial charge in [-0.05, 0) is 45.0 Å². The van der Waals surface area contributed by atoms with Gasteiger partial charge in [-0.15, -0.1) is 5.73 Å². The molecule has 1 unspecified atom stereocenters. The summed E-state index contributed by atoms with van der Waals surface area (Å²) in [5, 5.41) is -0.294. The smallest absolute Gasteiger partial charge is 0.208 e. The second-order valence-electron chi connectivity index (χ2n) is 4.33. The Morgan fingerprint density at radius 3 is 1.82 bits per heavy atom. The number of rotatable bonds is 1. The molecule has 0 aromatic rings. The summed E-state index contributed by atoms with van der Waals surface area (Å²) in [6.45, 7) is 9.50. The fourth-order valence-electron chi connectivity index (χ4n) is 1.15. The van der Waals surface area contributed by atoms with Crippen molar-refractivity contribution in [2.24, 2.45) is 13.5 Å². The van der Waals surface area contributed by atoms with Crippen LogP contribution in [0.5, 0.6) is 0 Å². The molecule has 1 rings (SSSR count). The van der Waals surface area contributed by atoms with Gasteiger partial charge in [-0.2, -0.15) is 4.52 Å². The fourth-order valence-corrected chi connectivity index (χ4v) is 17.9. The van der Waals surface area contributed by atoms with Gasteiger partial charge < -0.3 is 0 Å². The van der Waals surface area contributed by atoms with Crippen LogP contribution in [0.2, 0.25) is 0 Å². The third-order valence-electron chi connectivity index (χ3n) is 1.96. The van der Waals surface area contributed by atoms with E-state index in [0.29, 0.717) is 0 Å². The maximum absolute atomic E-state index is 6.08. The Bertz CT molecular complexity index is 534. The van der Waals surface area contributed by atoms with Gasteiger partial charge in [0.25, 0.3) is 11.8 Å². The summed E-state index contributed by atoms with van der Waals surface area (Å²) < 4.78 is 12.8. The van der Waals surface area contributed by atoms with Gasteiger partial charge in [0.2, 0.25) is 0 Å². The first-order valence-corrected chi connectivity index (χ1v) is 13.3. The minimum absolute atomic E-state index is 0.294. The highest BCUT2D eigenvalue weighted by molar-refractivity contribution is 8.21. The zero-order chi connectivity index (χ0) is 13.5. The molecule has 0 N–H and O–H groups in total. The first-order valence-electron chi connectivity index (χ1n) is 4.50. The third kappa shape index (κ3) is 3.92. The summed E-state index contributed by atoms with van der Waals surface area (Å²) in [5.74, 6) is -4.04. The molecule has 1 aliphatic rings. The van der Waals surface area contributed by atoms with Crippen LogP contribution in [-0.4, -0.2) is 5.16 Å². The highest BCUT2D eigenvalue weighted by Crippen LogP contribution is 2.87. The summed E-state index contributed by atoms with van der Waals surface area (Å²) in [6, 6.07) is 0. The van der Waals surface area contributed by atoms with E-state index < -0.39 is 19.0 Å². The Kier molecular flexibility index (Phi) is 4.88. The summed E-state index contributed by atoms with van der Waals surface area (Å²) in [6.07, 6.45) is 0. The van der Waals surface area contributed by atoms with Crippen LogP contribution in [0.4, 0.5) is 0 Å². The fraction of sp³-hybridized carbons (Fsp3) is 0.571. The molecule has 0 fully saturated rings. The Labute approximate surface area is 121 Å². The van der Waals surface area contributed by atoms with Crippen LogP contribution in [0.3, 0.4) is 0 Å². The lowest BCUT2D eigenvalue weighted by atomic mass is 10.3. The summed E-state index contributed by atoms with van der Waals surface area (Å²) in [5.41, 5.74) is 2.71. The Hall–Kier alpha value is 1.37. The van der Waals surface area contributed by atoms with Crippen LogP contribution in [0.15, 0.2) is 31.7 Å². The Morgan fingerprint density at radius 2 is 1.47 bits per heavy atom. The SMILES string of the molecule is C=C=CP1(C(C)(C)C)=NP(Cl)(Cl)=NP(Cl)(Cl)=N1. The molecule has 98 valence electrons. The lowest BCUT2D eigenvalue weighted by molar-refractivity contribution is 0.781. The van der Waals surface area contributed by atoms with Crippen LogP contribution < -0.4 is 0 Å². The van der Waals surface area contributed by atoms with Crippen molar-refractivity contribution < 1.29 is 0 Å². The molecule has 10 heteroatoms. The molecule has 0 saturated heterocycles. The van der Waals surface area contributed by atoms with Crippen LogP contribution in [0, 0.1) is 0 Å². The molecule has 1 aliphatic heterocycles. The van der Waals surface area contributed by atoms with Crippen molar-refractivity contribution >= 4 is 64.0 Å². The molecule has 0 saturated carbocycles. The van der Waals surface area contributed by atoms with Gasteiger partial charge in [0.05, 0.1) is 0 Å². The molecule has 3 nitrogen and oxygen atoms in total. The molecule has 17 heavy (non-hydrogen) atoms. The Balaban J connectivity index is 3.80. The first kappa shape index (κ1) is 16.4. The van der Waals surface area contributed by atoms with Crippen molar-refractivity contribution in [3.05, 3.63) is 18.1 Å². The van der Waals surface area contributed by atoms with Gasteiger partial charge in [-0.1, -0.05) is 27.4 Å². The van der Waals surface area contributed by atoms with E-state index in [1.165, 1.54) is 0 Å². The minimum atomic E-state index is -2.87. The molecular weight excluding hydrogens is 361 g/mol. The van der Waals surface area contributed by atoms with Crippen molar-refractivity contribution in [2.45, 2.75) is 25.9 Å². The van der Waals surface area contributed by atoms with Crippen molar-refractivity contribution in [1.82, 2.24) is 0 Å². The van der Waals surface area contributed by atoms with E-state index in [-0.39, 0.29) is 5.16 Å². The standard InChI is InChI=1S/C7H12Cl4N3P3/c1-5-6-15(7(2,3)4)12-16(8,9)14-17(10,11)13-15/h6H,1H2,2-4H3. The van der Waals surface area contributed by atoms with Crippen LogP contribution >= 0.6 is 64.0 Å². The number of halogens is 4. The van der Waals surface area contributed by atoms with Gasteiger partial charge in [0.15, 0.2) is 0 Å². The molecule has 1 atom stereocenters. The van der Waals surface area contributed by atoms with Gasteiger partial charge in [0, 0.05) is 11.0 Å². The van der Waals surface area contributed by atoms with Crippen LogP contribution in [-0.2, 0) is 0 Å². The topological polar surface area (TPSA) is 37.1 Å². The largest absolute Gasteiger partial charge is 0.256 e. The van der Waals surface area contributed by atoms with Crippen molar-refractivity contribution in [2.75, 3.05) is 0 Å². The minimum Gasteiger partial charge on any atom is -0.208 e. The molecule has 0 bridgehead atoms. The van der Waals surface area contributed by atoms with Gasteiger partial charge in [0.1, 0.15) is 7.21 Å². The monoisotopic (exact) mass is 371 g/mol. The molecule has 0 radical (unpaired) electrons. The molecule has 0 aromatic heterocycles. The maximum atomic E-state index is 6.08. The van der Waals surface area contributed by atoms with E-state index in [9.17, 15) is 0 Å². The van der Waals surface area contributed by atoms with E-state index >= 15 is 0 Å². The van der Waals surface area contributed by atoms with Gasteiger partial charge in [-0.3, -0.25) is 0 Å². The van der Waals surface area contributed by atoms with Crippen molar-refractivity contribution in [3.8, 4) is 0 Å². The average Bonchev–Trinajstić information content (AvgIpc) is 1.95. The van der Waals surface area contributed by atoms with Crippen LogP contribution in [0.1, 0.15) is 20.8 Å². The lowest BCUT2D eigenvalue weighted by Gasteiger charge is -2.34. The summed E-state index contributed by atoms with van der Waals surface area (Å²) in [4.78, 5) is 0. The van der Waals surface area contributed by atoms with Crippen LogP contribution in [0.25, 0.3) is 0 Å². The van der Waals surface area contributed by atoms with E-state index in [1.54, 1.807) is 5.82 Å². The number of hydrogen-bond acceptors (Lipinski definition) is 3. The molecule has 0 aliphatic carbocycles. The van der Waals surface area contributed by atoms with Crippen molar-refractivity contribution in [1.29, 1.82) is 0 Å². The van der Waals surface area contributed by atoms with E-state index in [1.807, 2.05) is 20.8 Å². The predicted octanol–water partition coefficient (Wildman–Crippen LogP) is 8.06. The zero-order valence-electron chi connectivity index (χ0n) is 9.48. The second kappa shape index (κ2) is 5.05. The quantitative estimate of drug-likeness (QED) is 0.329. The third-order valence-corrected chi connectivity index (χ3v) is 15.0. The number of nitrogens with zero attached hydrogens (tertiary/aromatic N) is 3. The lowest BCUT2D eigenvalue weighted by Crippen LogP contribution is -2.12. The molecule has 1 heterocycles. The number of hydrogen-bond donors (Lipinski definition) is 0. The molecule has 0 amide bonds. The zero-order valence-corrected chi connectivity index (χ0v) is 15.2. The summed E-state index contributed by atoms with van der Waals surface area (Å²) in [7, 11) is -2.39. The molecule has 0 spiro atoms. The van der Waals surface area contributed by atoms with Gasteiger partial charge >= 0.3 is 0 Å². The van der Waals surface area contributed by atoms with E-state index in [4.69, 9.17) is 45.0 Å². The highest BCUT2D eigenvalue weighted by Gasteiger charge is 2.39. The second-order valence-corrected chi connectivity index (χ2v) is 17.9. The first-order chi connectivity index (χ1) is 7.43. The maximum Gasteiger partial charge on any atom is 0.256 e. The Morgan fingerprint density at radius 1 is 1.00 bits per heavy atom. The average molecular weight is 373 g/mol. The normalized spacial score (nSPS) is 30.3.